The Hall–Kier alpha value is -0.570. The highest BCUT2D eigenvalue weighted by Crippen LogP contribution is 2.21. The third kappa shape index (κ3) is 4.20. The van der Waals surface area contributed by atoms with Gasteiger partial charge in [-0.3, -0.25) is 4.79 Å². The number of carbonyl (C=O) groups is 1. The quantitative estimate of drug-likeness (QED) is 0.762. The molecule has 0 aromatic rings. The maximum atomic E-state index is 10.6. The number of aliphatic carboxylic acids is 1. The number of rotatable bonds is 5. The minimum absolute atomic E-state index is 0.305. The third-order valence-corrected chi connectivity index (χ3v) is 3.28. The first-order chi connectivity index (χ1) is 7.11. The van der Waals surface area contributed by atoms with E-state index in [9.17, 15) is 4.79 Å². The monoisotopic (exact) mass is 213 g/mol. The Kier molecular flexibility index (Phi) is 5.09. The first-order valence-corrected chi connectivity index (χ1v) is 6.07. The second kappa shape index (κ2) is 6.11. The highest BCUT2D eigenvalue weighted by atomic mass is 16.4. The third-order valence-electron chi connectivity index (χ3n) is 3.28. The summed E-state index contributed by atoms with van der Waals surface area (Å²) in [7, 11) is 0. The van der Waals surface area contributed by atoms with E-state index in [0.717, 1.165) is 19.5 Å². The van der Waals surface area contributed by atoms with Gasteiger partial charge in [0.15, 0.2) is 0 Å². The Morgan fingerprint density at radius 1 is 1.27 bits per heavy atom. The van der Waals surface area contributed by atoms with Crippen LogP contribution < -0.4 is 0 Å². The molecule has 0 saturated carbocycles. The minimum atomic E-state index is -0.669. The summed E-state index contributed by atoms with van der Waals surface area (Å²) in [6, 6.07) is 0.460. The van der Waals surface area contributed by atoms with Gasteiger partial charge in [-0.1, -0.05) is 20.3 Å². The van der Waals surface area contributed by atoms with E-state index in [0.29, 0.717) is 18.4 Å². The zero-order chi connectivity index (χ0) is 11.3. The van der Waals surface area contributed by atoms with E-state index >= 15 is 0 Å². The second-order valence-corrected chi connectivity index (χ2v) is 4.84. The molecule has 0 amide bonds. The predicted molar refractivity (Wildman–Crippen MR) is 60.9 cm³/mol. The van der Waals surface area contributed by atoms with Crippen LogP contribution in [0.25, 0.3) is 0 Å². The number of hydrogen-bond donors (Lipinski definition) is 1. The average Bonchev–Trinajstić information content (AvgIpc) is 2.18. The molecule has 15 heavy (non-hydrogen) atoms. The molecule has 1 fully saturated rings. The first-order valence-electron chi connectivity index (χ1n) is 6.07. The van der Waals surface area contributed by atoms with E-state index in [-0.39, 0.29) is 0 Å². The fourth-order valence-electron chi connectivity index (χ4n) is 2.46. The minimum Gasteiger partial charge on any atom is -0.481 e. The van der Waals surface area contributed by atoms with Crippen LogP contribution in [-0.4, -0.2) is 35.1 Å². The summed E-state index contributed by atoms with van der Waals surface area (Å²) >= 11 is 0. The number of carboxylic acid groups (broad SMARTS) is 1. The van der Waals surface area contributed by atoms with Crippen LogP contribution in [0.2, 0.25) is 0 Å². The highest BCUT2D eigenvalue weighted by molar-refractivity contribution is 5.66. The lowest BCUT2D eigenvalue weighted by molar-refractivity contribution is -0.137. The van der Waals surface area contributed by atoms with E-state index in [1.54, 1.807) is 0 Å². The van der Waals surface area contributed by atoms with Gasteiger partial charge in [-0.05, 0) is 38.3 Å². The van der Waals surface area contributed by atoms with E-state index in [2.05, 4.69) is 18.7 Å². The second-order valence-electron chi connectivity index (χ2n) is 4.84. The van der Waals surface area contributed by atoms with Gasteiger partial charge in [-0.15, -0.1) is 0 Å². The summed E-state index contributed by atoms with van der Waals surface area (Å²) in [4.78, 5) is 13.1. The molecule has 1 heterocycles. The Bertz CT molecular complexity index is 198. The van der Waals surface area contributed by atoms with E-state index in [1.165, 1.54) is 19.3 Å². The van der Waals surface area contributed by atoms with Crippen molar-refractivity contribution in [2.45, 2.75) is 52.0 Å². The molecule has 1 N–H and O–H groups in total. The van der Waals surface area contributed by atoms with Crippen LogP contribution in [0.4, 0.5) is 0 Å². The van der Waals surface area contributed by atoms with Gasteiger partial charge in [-0.25, -0.2) is 0 Å². The lowest BCUT2D eigenvalue weighted by Gasteiger charge is -2.36. The molecule has 0 aliphatic carbocycles. The van der Waals surface area contributed by atoms with Crippen molar-refractivity contribution in [2.24, 2.45) is 5.92 Å². The SMILES string of the molecule is CC(C)C(CCC(=O)O)N1CCCCC1. The maximum absolute atomic E-state index is 10.6. The van der Waals surface area contributed by atoms with Gasteiger partial charge in [0.2, 0.25) is 0 Å². The number of hydrogen-bond acceptors (Lipinski definition) is 2. The van der Waals surface area contributed by atoms with E-state index < -0.39 is 5.97 Å². The molecule has 1 atom stereocenters. The zero-order valence-corrected chi connectivity index (χ0v) is 9.91. The highest BCUT2D eigenvalue weighted by Gasteiger charge is 2.23. The van der Waals surface area contributed by atoms with Crippen molar-refractivity contribution in [2.75, 3.05) is 13.1 Å². The molecule has 0 aromatic heterocycles. The molecular weight excluding hydrogens is 190 g/mol. The molecule has 3 heteroatoms. The van der Waals surface area contributed by atoms with Crippen molar-refractivity contribution < 1.29 is 9.90 Å². The van der Waals surface area contributed by atoms with Crippen LogP contribution in [-0.2, 0) is 4.79 Å². The van der Waals surface area contributed by atoms with Gasteiger partial charge in [0.25, 0.3) is 0 Å². The largest absolute Gasteiger partial charge is 0.481 e. The average molecular weight is 213 g/mol. The Labute approximate surface area is 92.5 Å². The molecule has 1 unspecified atom stereocenters. The van der Waals surface area contributed by atoms with E-state index in [1.807, 2.05) is 0 Å². The normalized spacial score (nSPS) is 20.5. The van der Waals surface area contributed by atoms with Crippen molar-refractivity contribution in [3.63, 3.8) is 0 Å². The number of piperidine rings is 1. The summed E-state index contributed by atoms with van der Waals surface area (Å²) in [6.07, 6.45) is 4.99. The predicted octanol–water partition coefficient (Wildman–Crippen LogP) is 2.36. The summed E-state index contributed by atoms with van der Waals surface area (Å²) in [5, 5.41) is 8.72. The van der Waals surface area contributed by atoms with Crippen LogP contribution >= 0.6 is 0 Å². The maximum Gasteiger partial charge on any atom is 0.303 e. The fourth-order valence-corrected chi connectivity index (χ4v) is 2.46. The van der Waals surface area contributed by atoms with Crippen LogP contribution in [0.1, 0.15) is 46.0 Å². The Morgan fingerprint density at radius 2 is 1.87 bits per heavy atom. The van der Waals surface area contributed by atoms with Crippen LogP contribution in [0, 0.1) is 5.92 Å². The molecule has 0 spiro atoms. The molecule has 0 bridgehead atoms. The zero-order valence-electron chi connectivity index (χ0n) is 9.91. The van der Waals surface area contributed by atoms with Gasteiger partial charge in [-0.2, -0.15) is 0 Å². The summed E-state index contributed by atoms with van der Waals surface area (Å²) < 4.78 is 0. The summed E-state index contributed by atoms with van der Waals surface area (Å²) in [5.74, 6) is -0.111. The van der Waals surface area contributed by atoms with Crippen molar-refractivity contribution in [1.29, 1.82) is 0 Å². The van der Waals surface area contributed by atoms with Crippen molar-refractivity contribution in [1.82, 2.24) is 4.90 Å². The van der Waals surface area contributed by atoms with Crippen LogP contribution in [0.15, 0.2) is 0 Å². The van der Waals surface area contributed by atoms with Gasteiger partial charge in [0.05, 0.1) is 0 Å². The van der Waals surface area contributed by atoms with Crippen molar-refractivity contribution >= 4 is 5.97 Å². The number of likely N-dealkylation sites (tertiary alicyclic amines) is 1. The number of carboxylic acids is 1. The van der Waals surface area contributed by atoms with Gasteiger partial charge < -0.3 is 10.0 Å². The molecule has 0 radical (unpaired) electrons. The molecule has 1 aliphatic rings. The Balaban J connectivity index is 2.44. The van der Waals surface area contributed by atoms with Gasteiger partial charge >= 0.3 is 5.97 Å². The van der Waals surface area contributed by atoms with Crippen molar-refractivity contribution in [3.8, 4) is 0 Å². The van der Waals surface area contributed by atoms with E-state index in [4.69, 9.17) is 5.11 Å². The molecule has 1 rings (SSSR count). The van der Waals surface area contributed by atoms with Gasteiger partial charge in [0, 0.05) is 12.5 Å². The fraction of sp³-hybridized carbons (Fsp3) is 0.917. The summed E-state index contributed by atoms with van der Waals surface area (Å²) in [6.45, 7) is 6.70. The molecular formula is C12H23NO2. The topological polar surface area (TPSA) is 40.5 Å². The lowest BCUT2D eigenvalue weighted by Crippen LogP contribution is -2.42. The molecule has 3 nitrogen and oxygen atoms in total. The molecule has 0 aromatic carbocycles. The number of nitrogens with zero attached hydrogens (tertiary/aromatic N) is 1. The molecule has 1 aliphatic heterocycles. The Morgan fingerprint density at radius 3 is 2.33 bits per heavy atom. The molecule has 88 valence electrons. The first kappa shape index (κ1) is 12.5. The van der Waals surface area contributed by atoms with Crippen LogP contribution in [0.5, 0.6) is 0 Å². The van der Waals surface area contributed by atoms with Gasteiger partial charge in [0.1, 0.15) is 0 Å². The lowest BCUT2D eigenvalue weighted by atomic mass is 9.95. The summed E-state index contributed by atoms with van der Waals surface area (Å²) in [5.41, 5.74) is 0. The standard InChI is InChI=1S/C12H23NO2/c1-10(2)11(6-7-12(14)15)13-8-4-3-5-9-13/h10-11H,3-9H2,1-2H3,(H,14,15). The van der Waals surface area contributed by atoms with Crippen molar-refractivity contribution in [3.05, 3.63) is 0 Å². The molecule has 1 saturated heterocycles. The van der Waals surface area contributed by atoms with Crippen LogP contribution in [0.3, 0.4) is 0 Å². The smallest absolute Gasteiger partial charge is 0.303 e.